The molecule has 0 aliphatic heterocycles. The summed E-state index contributed by atoms with van der Waals surface area (Å²) in [7, 11) is 2.15. The van der Waals surface area contributed by atoms with Crippen LogP contribution in [0.5, 0.6) is 0 Å². The zero-order valence-corrected chi connectivity index (χ0v) is 14.6. The Morgan fingerprint density at radius 3 is 1.62 bits per heavy atom. The van der Waals surface area contributed by atoms with Crippen molar-refractivity contribution in [3.8, 4) is 0 Å². The fourth-order valence-corrected chi connectivity index (χ4v) is 3.91. The molecule has 0 aliphatic carbocycles. The molecule has 2 heteroatoms. The lowest BCUT2D eigenvalue weighted by Crippen LogP contribution is -1.92. The molecule has 0 aliphatic rings. The number of para-hydroxylation sites is 2. The van der Waals surface area contributed by atoms with E-state index in [0.29, 0.717) is 0 Å². The topological polar surface area (TPSA) is 17.8 Å². The first-order valence-electron chi connectivity index (χ1n) is 8.80. The van der Waals surface area contributed by atoms with Gasteiger partial charge in [0.25, 0.3) is 0 Å². The molecule has 2 nitrogen and oxygen atoms in total. The third-order valence-electron chi connectivity index (χ3n) is 5.15. The summed E-state index contributed by atoms with van der Waals surface area (Å²) < 4.78 is 2.29. The van der Waals surface area contributed by atoms with Crippen molar-refractivity contribution in [2.75, 3.05) is 0 Å². The van der Waals surface area contributed by atoms with Crippen molar-refractivity contribution in [3.05, 3.63) is 91.3 Å². The summed E-state index contributed by atoms with van der Waals surface area (Å²) in [4.78, 5) is 4.43. The molecular weight excluding hydrogens is 316 g/mol. The van der Waals surface area contributed by atoms with Crippen molar-refractivity contribution in [3.63, 3.8) is 0 Å². The number of hydrogen-bond acceptors (Lipinski definition) is 1. The summed E-state index contributed by atoms with van der Waals surface area (Å²) in [6, 6.07) is 27.9. The second kappa shape index (κ2) is 5.85. The van der Waals surface area contributed by atoms with Crippen LogP contribution < -0.4 is 0 Å². The molecule has 0 saturated heterocycles. The molecule has 124 valence electrons. The zero-order valence-electron chi connectivity index (χ0n) is 14.6. The zero-order chi connectivity index (χ0) is 17.5. The number of pyridine rings is 1. The van der Waals surface area contributed by atoms with Gasteiger partial charge >= 0.3 is 0 Å². The van der Waals surface area contributed by atoms with E-state index in [4.69, 9.17) is 0 Å². The van der Waals surface area contributed by atoms with Gasteiger partial charge in [0.2, 0.25) is 0 Å². The molecule has 2 heterocycles. The van der Waals surface area contributed by atoms with Crippen molar-refractivity contribution < 1.29 is 0 Å². The maximum absolute atomic E-state index is 4.43. The number of rotatable bonds is 0. The molecule has 5 aromatic rings. The summed E-state index contributed by atoms with van der Waals surface area (Å²) in [6.45, 7) is 0. The van der Waals surface area contributed by atoms with Gasteiger partial charge < -0.3 is 4.57 Å². The molecule has 0 N–H and O–H groups in total. The fraction of sp³-hybridized carbons (Fsp3) is 0.0417. The standard InChI is InChI=1S/C24H18N2/c1-26-23-12-6-4-10-20(23)17-8-2-3-9-18(17)22-16-25-15-14-19(22)21-11-5-7-13-24(21)26/h2-16H,1H3. The molecule has 5 rings (SSSR count). The van der Waals surface area contributed by atoms with Crippen LogP contribution in [0.3, 0.4) is 0 Å². The number of aryl methyl sites for hydroxylation is 1. The third-order valence-corrected chi connectivity index (χ3v) is 5.15. The molecule has 0 atom stereocenters. The highest BCUT2D eigenvalue weighted by atomic mass is 14.9. The first-order chi connectivity index (χ1) is 12.8. The molecule has 0 bridgehead atoms. The van der Waals surface area contributed by atoms with E-state index < -0.39 is 0 Å². The van der Waals surface area contributed by atoms with E-state index in [9.17, 15) is 0 Å². The fourth-order valence-electron chi connectivity index (χ4n) is 3.91. The van der Waals surface area contributed by atoms with Crippen LogP contribution in [0.15, 0.2) is 91.3 Å². The van der Waals surface area contributed by atoms with Gasteiger partial charge in [-0.25, -0.2) is 0 Å². The minimum absolute atomic E-state index is 1.17. The summed E-state index contributed by atoms with van der Waals surface area (Å²) in [5, 5.41) is 7.28. The first-order valence-corrected chi connectivity index (χ1v) is 8.80. The lowest BCUT2D eigenvalue weighted by molar-refractivity contribution is 1.01. The Bertz CT molecular complexity index is 1240. The number of fused-ring (bicyclic) bond motifs is 7. The van der Waals surface area contributed by atoms with Gasteiger partial charge in [0.1, 0.15) is 0 Å². The van der Waals surface area contributed by atoms with Gasteiger partial charge in [-0.3, -0.25) is 4.98 Å². The van der Waals surface area contributed by atoms with Crippen LogP contribution in [0.2, 0.25) is 0 Å². The quantitative estimate of drug-likeness (QED) is 0.332. The van der Waals surface area contributed by atoms with Gasteiger partial charge in [-0.05, 0) is 34.4 Å². The van der Waals surface area contributed by atoms with Crippen LogP contribution >= 0.6 is 0 Å². The lowest BCUT2D eigenvalue weighted by atomic mass is 10.0. The molecule has 0 fully saturated rings. The predicted molar refractivity (Wildman–Crippen MR) is 111 cm³/mol. The molecule has 2 aromatic heterocycles. The van der Waals surface area contributed by atoms with Gasteiger partial charge in [0.15, 0.2) is 0 Å². The van der Waals surface area contributed by atoms with Gasteiger partial charge in [0.05, 0.1) is 0 Å². The number of hydrogen-bond donors (Lipinski definition) is 0. The maximum Gasteiger partial charge on any atom is 0.0488 e. The largest absolute Gasteiger partial charge is 0.344 e. The highest BCUT2D eigenvalue weighted by Crippen LogP contribution is 2.31. The summed E-state index contributed by atoms with van der Waals surface area (Å²) >= 11 is 0. The average Bonchev–Trinajstić information content (AvgIpc) is 2.76. The van der Waals surface area contributed by atoms with Gasteiger partial charge in [0, 0.05) is 46.6 Å². The van der Waals surface area contributed by atoms with Crippen LogP contribution in [0.25, 0.3) is 43.4 Å². The van der Waals surface area contributed by atoms with Crippen LogP contribution in [0.1, 0.15) is 0 Å². The lowest BCUT2D eigenvalue weighted by Gasteiger charge is -2.07. The van der Waals surface area contributed by atoms with E-state index in [-0.39, 0.29) is 0 Å². The molecule has 0 amide bonds. The minimum Gasteiger partial charge on any atom is -0.344 e. The summed E-state index contributed by atoms with van der Waals surface area (Å²) in [6.07, 6.45) is 3.86. The van der Waals surface area contributed by atoms with E-state index in [1.807, 2.05) is 12.4 Å². The van der Waals surface area contributed by atoms with E-state index in [1.165, 1.54) is 43.4 Å². The maximum atomic E-state index is 4.43. The van der Waals surface area contributed by atoms with Crippen LogP contribution in [0, 0.1) is 0 Å². The second-order valence-corrected chi connectivity index (χ2v) is 6.56. The Hall–Kier alpha value is -3.39. The monoisotopic (exact) mass is 334 g/mol. The van der Waals surface area contributed by atoms with Crippen LogP contribution in [0.4, 0.5) is 0 Å². The van der Waals surface area contributed by atoms with E-state index in [1.54, 1.807) is 0 Å². The Morgan fingerprint density at radius 2 is 1.00 bits per heavy atom. The highest BCUT2D eigenvalue weighted by Gasteiger charge is 2.06. The van der Waals surface area contributed by atoms with Crippen molar-refractivity contribution in [2.24, 2.45) is 7.05 Å². The Labute approximate surface area is 151 Å². The molecule has 0 spiro atoms. The smallest absolute Gasteiger partial charge is 0.0488 e. The summed E-state index contributed by atoms with van der Waals surface area (Å²) in [5.74, 6) is 0. The minimum atomic E-state index is 1.17. The van der Waals surface area contributed by atoms with Gasteiger partial charge in [-0.2, -0.15) is 0 Å². The molecular formula is C24H18N2. The number of aromatic nitrogens is 2. The SMILES string of the molecule is Cn1c2ccccc2c2ccccc2c2cnccc2c2ccccc21. The van der Waals surface area contributed by atoms with Crippen molar-refractivity contribution in [1.82, 2.24) is 9.55 Å². The van der Waals surface area contributed by atoms with Crippen LogP contribution in [-0.4, -0.2) is 9.55 Å². The van der Waals surface area contributed by atoms with Crippen molar-refractivity contribution in [2.45, 2.75) is 0 Å². The van der Waals surface area contributed by atoms with Gasteiger partial charge in [-0.15, -0.1) is 0 Å². The molecule has 0 radical (unpaired) electrons. The highest BCUT2D eigenvalue weighted by molar-refractivity contribution is 6.18. The van der Waals surface area contributed by atoms with E-state index >= 15 is 0 Å². The summed E-state index contributed by atoms with van der Waals surface area (Å²) in [5.41, 5.74) is 2.40. The molecule has 3 aromatic carbocycles. The van der Waals surface area contributed by atoms with Gasteiger partial charge in [-0.1, -0.05) is 60.7 Å². The van der Waals surface area contributed by atoms with Crippen LogP contribution in [-0.2, 0) is 7.05 Å². The average molecular weight is 334 g/mol. The van der Waals surface area contributed by atoms with E-state index in [0.717, 1.165) is 0 Å². The Morgan fingerprint density at radius 1 is 0.538 bits per heavy atom. The Balaban J connectivity index is 2.31. The van der Waals surface area contributed by atoms with E-state index in [2.05, 4.69) is 95.5 Å². The molecule has 26 heavy (non-hydrogen) atoms. The number of nitrogens with zero attached hydrogens (tertiary/aromatic N) is 2. The predicted octanol–water partition coefficient (Wildman–Crippen LogP) is 6.16. The molecule has 0 unspecified atom stereocenters. The second-order valence-electron chi connectivity index (χ2n) is 6.56. The number of benzene rings is 3. The Kier molecular flexibility index (Phi) is 3.36. The third kappa shape index (κ3) is 2.16. The normalized spacial score (nSPS) is 11.3. The van der Waals surface area contributed by atoms with Crippen molar-refractivity contribution in [1.29, 1.82) is 0 Å². The first kappa shape index (κ1) is 14.9. The molecule has 0 saturated carbocycles. The van der Waals surface area contributed by atoms with Crippen molar-refractivity contribution >= 4 is 43.4 Å².